The molecular formula is C26H24N4O6. The number of nitro groups is 2. The Labute approximate surface area is 207 Å². The molecule has 0 saturated carbocycles. The number of hydrogen-bond donors (Lipinski definition) is 2. The summed E-state index contributed by atoms with van der Waals surface area (Å²) < 4.78 is 0. The minimum atomic E-state index is -0.679. The maximum absolute atomic E-state index is 13.0. The molecule has 0 radical (unpaired) electrons. The highest BCUT2D eigenvalue weighted by molar-refractivity contribution is 6.10. The quantitative estimate of drug-likeness (QED) is 0.265. The van der Waals surface area contributed by atoms with E-state index in [0.29, 0.717) is 11.1 Å². The Balaban J connectivity index is 1.88. The van der Waals surface area contributed by atoms with Gasteiger partial charge in [-0.2, -0.15) is 0 Å². The van der Waals surface area contributed by atoms with Crippen LogP contribution in [0.25, 0.3) is 6.08 Å². The van der Waals surface area contributed by atoms with Gasteiger partial charge in [-0.1, -0.05) is 32.9 Å². The van der Waals surface area contributed by atoms with Gasteiger partial charge in [0.1, 0.15) is 5.70 Å². The van der Waals surface area contributed by atoms with Crippen molar-refractivity contribution < 1.29 is 19.4 Å². The third kappa shape index (κ3) is 6.60. The molecule has 3 rings (SSSR count). The first-order valence-corrected chi connectivity index (χ1v) is 10.9. The number of hydrogen-bond acceptors (Lipinski definition) is 6. The van der Waals surface area contributed by atoms with Gasteiger partial charge in [-0.15, -0.1) is 0 Å². The molecule has 0 aromatic heterocycles. The van der Waals surface area contributed by atoms with Gasteiger partial charge in [-0.25, -0.2) is 0 Å². The highest BCUT2D eigenvalue weighted by Gasteiger charge is 2.18. The second-order valence-corrected chi connectivity index (χ2v) is 8.95. The summed E-state index contributed by atoms with van der Waals surface area (Å²) in [6.45, 7) is 6.15. The Kier molecular flexibility index (Phi) is 7.58. The lowest BCUT2D eigenvalue weighted by molar-refractivity contribution is -0.385. The highest BCUT2D eigenvalue weighted by atomic mass is 16.6. The van der Waals surface area contributed by atoms with Crippen molar-refractivity contribution in [1.29, 1.82) is 0 Å². The van der Waals surface area contributed by atoms with Crippen LogP contribution in [0.1, 0.15) is 42.3 Å². The predicted molar refractivity (Wildman–Crippen MR) is 135 cm³/mol. The number of carbonyl (C=O) groups excluding carboxylic acids is 2. The van der Waals surface area contributed by atoms with Gasteiger partial charge in [-0.05, 0) is 59.0 Å². The molecule has 0 spiro atoms. The maximum Gasteiger partial charge on any atom is 0.272 e. The number of amides is 2. The fourth-order valence-electron chi connectivity index (χ4n) is 3.20. The van der Waals surface area contributed by atoms with Gasteiger partial charge in [0.05, 0.1) is 9.85 Å². The second kappa shape index (κ2) is 10.6. The van der Waals surface area contributed by atoms with Crippen LogP contribution < -0.4 is 10.6 Å². The van der Waals surface area contributed by atoms with Gasteiger partial charge in [-0.3, -0.25) is 29.8 Å². The van der Waals surface area contributed by atoms with Crippen LogP contribution in [0.5, 0.6) is 0 Å². The monoisotopic (exact) mass is 488 g/mol. The fraction of sp³-hybridized carbons (Fsp3) is 0.154. The van der Waals surface area contributed by atoms with E-state index in [2.05, 4.69) is 31.4 Å². The number of non-ortho nitro benzene ring substituents is 2. The van der Waals surface area contributed by atoms with E-state index < -0.39 is 21.7 Å². The molecule has 0 heterocycles. The Bertz CT molecular complexity index is 1320. The minimum absolute atomic E-state index is 0.0966. The molecule has 3 aromatic carbocycles. The van der Waals surface area contributed by atoms with Gasteiger partial charge >= 0.3 is 0 Å². The summed E-state index contributed by atoms with van der Waals surface area (Å²) in [6.07, 6.45) is 1.38. The zero-order chi connectivity index (χ0) is 26.5. The fourth-order valence-corrected chi connectivity index (χ4v) is 3.20. The van der Waals surface area contributed by atoms with E-state index in [9.17, 15) is 29.8 Å². The van der Waals surface area contributed by atoms with Crippen molar-refractivity contribution in [1.82, 2.24) is 5.32 Å². The van der Waals surface area contributed by atoms with Crippen molar-refractivity contribution in [3.63, 3.8) is 0 Å². The SMILES string of the molecule is CC(C)(C)c1ccc(C(=O)NC(=Cc2ccc([N+](=O)[O-])cc2)C(=O)Nc2ccc([N+](=O)[O-])cc2)cc1. The lowest BCUT2D eigenvalue weighted by atomic mass is 9.87. The van der Waals surface area contributed by atoms with E-state index in [1.54, 1.807) is 12.1 Å². The summed E-state index contributed by atoms with van der Waals surface area (Å²) in [4.78, 5) is 46.6. The van der Waals surface area contributed by atoms with E-state index >= 15 is 0 Å². The number of nitrogens with one attached hydrogen (secondary N) is 2. The van der Waals surface area contributed by atoms with Crippen LogP contribution in [-0.2, 0) is 10.2 Å². The van der Waals surface area contributed by atoms with Crippen LogP contribution >= 0.6 is 0 Å². The number of benzene rings is 3. The first kappa shape index (κ1) is 25.8. The van der Waals surface area contributed by atoms with E-state index in [1.807, 2.05) is 12.1 Å². The van der Waals surface area contributed by atoms with Gasteiger partial charge in [0.25, 0.3) is 23.2 Å². The molecule has 0 fully saturated rings. The van der Waals surface area contributed by atoms with Crippen molar-refractivity contribution in [2.45, 2.75) is 26.2 Å². The van der Waals surface area contributed by atoms with Gasteiger partial charge < -0.3 is 10.6 Å². The molecule has 2 N–H and O–H groups in total. The third-order valence-electron chi connectivity index (χ3n) is 5.26. The molecule has 10 nitrogen and oxygen atoms in total. The Morgan fingerprint density at radius 3 is 1.75 bits per heavy atom. The lowest BCUT2D eigenvalue weighted by Gasteiger charge is -2.19. The van der Waals surface area contributed by atoms with Crippen molar-refractivity contribution in [3.8, 4) is 0 Å². The molecule has 0 aliphatic rings. The Morgan fingerprint density at radius 2 is 1.28 bits per heavy atom. The molecule has 0 unspecified atom stereocenters. The van der Waals surface area contributed by atoms with E-state index in [1.165, 1.54) is 54.6 Å². The summed E-state index contributed by atoms with van der Waals surface area (Å²) >= 11 is 0. The summed E-state index contributed by atoms with van der Waals surface area (Å²) in [7, 11) is 0. The first-order chi connectivity index (χ1) is 16.9. The number of anilines is 1. The van der Waals surface area contributed by atoms with Crippen LogP contribution in [0.2, 0.25) is 0 Å². The topological polar surface area (TPSA) is 144 Å². The lowest BCUT2D eigenvalue weighted by Crippen LogP contribution is -2.30. The third-order valence-corrected chi connectivity index (χ3v) is 5.26. The van der Waals surface area contributed by atoms with Crippen LogP contribution in [0.3, 0.4) is 0 Å². The molecule has 3 aromatic rings. The van der Waals surface area contributed by atoms with Crippen LogP contribution in [0.15, 0.2) is 78.5 Å². The predicted octanol–water partition coefficient (Wildman–Crippen LogP) is 5.21. The van der Waals surface area contributed by atoms with Crippen LogP contribution in [0.4, 0.5) is 17.1 Å². The molecule has 10 heteroatoms. The molecule has 0 aliphatic heterocycles. The van der Waals surface area contributed by atoms with Gasteiger partial charge in [0.2, 0.25) is 0 Å². The van der Waals surface area contributed by atoms with Gasteiger partial charge in [0.15, 0.2) is 0 Å². The largest absolute Gasteiger partial charge is 0.321 e. The number of carbonyl (C=O) groups is 2. The molecular weight excluding hydrogens is 464 g/mol. The molecule has 2 amide bonds. The summed E-state index contributed by atoms with van der Waals surface area (Å²) in [6, 6.07) is 17.7. The van der Waals surface area contributed by atoms with Crippen molar-refractivity contribution >= 4 is 35.0 Å². The summed E-state index contributed by atoms with van der Waals surface area (Å²) in [5.74, 6) is -1.20. The van der Waals surface area contributed by atoms with Gasteiger partial charge in [0, 0.05) is 35.5 Å². The smallest absolute Gasteiger partial charge is 0.272 e. The first-order valence-electron chi connectivity index (χ1n) is 10.9. The summed E-state index contributed by atoms with van der Waals surface area (Å²) in [5.41, 5.74) is 1.63. The Morgan fingerprint density at radius 1 is 0.778 bits per heavy atom. The number of nitrogens with zero attached hydrogens (tertiary/aromatic N) is 2. The highest BCUT2D eigenvalue weighted by Crippen LogP contribution is 2.22. The van der Waals surface area contributed by atoms with Crippen LogP contribution in [0, 0.1) is 20.2 Å². The normalized spacial score (nSPS) is 11.5. The molecule has 0 atom stereocenters. The maximum atomic E-state index is 13.0. The second-order valence-electron chi connectivity index (χ2n) is 8.95. The molecule has 184 valence electrons. The average molecular weight is 489 g/mol. The van der Waals surface area contributed by atoms with Crippen molar-refractivity contribution in [2.24, 2.45) is 0 Å². The average Bonchev–Trinajstić information content (AvgIpc) is 2.83. The van der Waals surface area contributed by atoms with Crippen molar-refractivity contribution in [3.05, 3.63) is 115 Å². The number of nitro benzene ring substituents is 2. The molecule has 0 aliphatic carbocycles. The van der Waals surface area contributed by atoms with E-state index in [4.69, 9.17) is 0 Å². The molecule has 36 heavy (non-hydrogen) atoms. The standard InChI is InChI=1S/C26H24N4O6/c1-26(2,3)19-8-6-18(7-9-19)24(31)28-23(16-17-4-12-21(13-5-17)29(33)34)25(32)27-20-10-14-22(15-11-20)30(35)36/h4-16H,1-3H3,(H,27,32)(H,28,31). The molecule has 0 saturated heterocycles. The van der Waals surface area contributed by atoms with Crippen molar-refractivity contribution in [2.75, 3.05) is 5.32 Å². The zero-order valence-corrected chi connectivity index (χ0v) is 19.8. The Hall–Kier alpha value is -4.86. The number of rotatable bonds is 7. The molecule has 0 bridgehead atoms. The minimum Gasteiger partial charge on any atom is -0.321 e. The van der Waals surface area contributed by atoms with Crippen LogP contribution in [-0.4, -0.2) is 21.7 Å². The zero-order valence-electron chi connectivity index (χ0n) is 19.8. The summed E-state index contributed by atoms with van der Waals surface area (Å²) in [5, 5.41) is 27.0. The van der Waals surface area contributed by atoms with E-state index in [0.717, 1.165) is 5.56 Å². The van der Waals surface area contributed by atoms with E-state index in [-0.39, 0.29) is 28.2 Å².